The molecular weight excluding hydrogens is 254 g/mol. The molecule has 2 aromatic rings. The van der Waals surface area contributed by atoms with Crippen molar-refractivity contribution < 1.29 is 14.6 Å². The van der Waals surface area contributed by atoms with Crippen LogP contribution in [0.25, 0.3) is 11.3 Å². The highest BCUT2D eigenvalue weighted by atomic mass is 16.5. The van der Waals surface area contributed by atoms with Crippen molar-refractivity contribution in [3.8, 4) is 17.0 Å². The fourth-order valence-corrected chi connectivity index (χ4v) is 1.80. The smallest absolute Gasteiger partial charge is 0.337 e. The van der Waals surface area contributed by atoms with E-state index in [1.807, 2.05) is 18.2 Å². The molecule has 0 unspecified atom stereocenters. The first kappa shape index (κ1) is 13.8. The predicted molar refractivity (Wildman–Crippen MR) is 76.9 cm³/mol. The lowest BCUT2D eigenvalue weighted by atomic mass is 10.1. The number of carboxylic acid groups (broad SMARTS) is 1. The summed E-state index contributed by atoms with van der Waals surface area (Å²) in [5, 5.41) is 9.19. The van der Waals surface area contributed by atoms with E-state index in [0.717, 1.165) is 12.0 Å². The lowest BCUT2D eigenvalue weighted by Crippen LogP contribution is -2.01. The molecule has 20 heavy (non-hydrogen) atoms. The first-order chi connectivity index (χ1) is 9.72. The summed E-state index contributed by atoms with van der Waals surface area (Å²) in [5.41, 5.74) is 1.34. The zero-order chi connectivity index (χ0) is 14.4. The molecule has 1 aromatic heterocycles. The Kier molecular flexibility index (Phi) is 4.50. The third-order valence-electron chi connectivity index (χ3n) is 2.74. The molecule has 102 valence electrons. The number of aromatic carboxylic acids is 1. The number of carbonyl (C=O) groups is 1. The number of benzene rings is 1. The molecule has 0 fully saturated rings. The van der Waals surface area contributed by atoms with E-state index in [9.17, 15) is 9.90 Å². The zero-order valence-electron chi connectivity index (χ0n) is 11.0. The number of rotatable bonds is 6. The van der Waals surface area contributed by atoms with Crippen LogP contribution in [0, 0.1) is 0 Å². The number of pyridine rings is 1. The van der Waals surface area contributed by atoms with Crippen LogP contribution in [-0.4, -0.2) is 22.7 Å². The average molecular weight is 269 g/mol. The van der Waals surface area contributed by atoms with Crippen LogP contribution >= 0.6 is 0 Å². The molecule has 0 atom stereocenters. The second kappa shape index (κ2) is 6.52. The van der Waals surface area contributed by atoms with Gasteiger partial charge < -0.3 is 9.84 Å². The normalized spacial score (nSPS) is 10.0. The predicted octanol–water partition coefficient (Wildman–Crippen LogP) is 3.40. The Morgan fingerprint density at radius 2 is 2.20 bits per heavy atom. The van der Waals surface area contributed by atoms with Crippen LogP contribution in [-0.2, 0) is 0 Å². The molecule has 4 nitrogen and oxygen atoms in total. The molecule has 0 aliphatic carbocycles. The number of carboxylic acids is 1. The van der Waals surface area contributed by atoms with E-state index in [-0.39, 0.29) is 5.56 Å². The summed E-state index contributed by atoms with van der Waals surface area (Å²) in [6, 6.07) is 10.4. The Balaban J connectivity index is 2.31. The lowest BCUT2D eigenvalue weighted by molar-refractivity contribution is 0.0697. The summed E-state index contributed by atoms with van der Waals surface area (Å²) in [6.45, 7) is 4.18. The molecule has 2 rings (SSSR count). The molecule has 1 heterocycles. The third kappa shape index (κ3) is 3.23. The molecule has 1 N–H and O–H groups in total. The van der Waals surface area contributed by atoms with Gasteiger partial charge in [-0.3, -0.25) is 4.98 Å². The van der Waals surface area contributed by atoms with Crippen molar-refractivity contribution in [3.63, 3.8) is 0 Å². The largest absolute Gasteiger partial charge is 0.493 e. The maximum absolute atomic E-state index is 11.2. The molecular formula is C16H15NO3. The van der Waals surface area contributed by atoms with E-state index in [0.29, 0.717) is 18.1 Å². The first-order valence-electron chi connectivity index (χ1n) is 6.25. The molecule has 1 aromatic carbocycles. The zero-order valence-corrected chi connectivity index (χ0v) is 11.0. The standard InChI is InChI=1S/C16H15NO3/c1-2-3-10-20-13-7-4-6-12(11-13)15-14(16(18)19)8-5-9-17-15/h2,4-9,11H,1,3,10H2,(H,18,19). The molecule has 0 aliphatic heterocycles. The molecule has 0 saturated heterocycles. The van der Waals surface area contributed by atoms with Crippen molar-refractivity contribution in [2.45, 2.75) is 6.42 Å². The summed E-state index contributed by atoms with van der Waals surface area (Å²) in [7, 11) is 0. The van der Waals surface area contributed by atoms with Gasteiger partial charge in [-0.25, -0.2) is 4.79 Å². The summed E-state index contributed by atoms with van der Waals surface area (Å²) < 4.78 is 5.56. The highest BCUT2D eigenvalue weighted by molar-refractivity contribution is 5.94. The van der Waals surface area contributed by atoms with Crippen LogP contribution in [0.1, 0.15) is 16.8 Å². The van der Waals surface area contributed by atoms with E-state index in [1.54, 1.807) is 24.4 Å². The molecule has 0 aliphatic rings. The van der Waals surface area contributed by atoms with E-state index >= 15 is 0 Å². The summed E-state index contributed by atoms with van der Waals surface area (Å²) in [6.07, 6.45) is 4.12. The van der Waals surface area contributed by atoms with Gasteiger partial charge in [-0.05, 0) is 30.7 Å². The van der Waals surface area contributed by atoms with Gasteiger partial charge in [0.1, 0.15) is 5.75 Å². The Hall–Kier alpha value is -2.62. The average Bonchev–Trinajstić information content (AvgIpc) is 2.48. The first-order valence-corrected chi connectivity index (χ1v) is 6.25. The van der Waals surface area contributed by atoms with Crippen LogP contribution < -0.4 is 4.74 Å². The Bertz CT molecular complexity index is 623. The van der Waals surface area contributed by atoms with Crippen molar-refractivity contribution in [2.75, 3.05) is 6.61 Å². The Labute approximate surface area is 117 Å². The molecule has 0 spiro atoms. The van der Waals surface area contributed by atoms with Gasteiger partial charge in [0.2, 0.25) is 0 Å². The fraction of sp³-hybridized carbons (Fsp3) is 0.125. The van der Waals surface area contributed by atoms with E-state index in [1.165, 1.54) is 6.07 Å². The Morgan fingerprint density at radius 3 is 2.95 bits per heavy atom. The van der Waals surface area contributed by atoms with Crippen LogP contribution in [0.2, 0.25) is 0 Å². The lowest BCUT2D eigenvalue weighted by Gasteiger charge is -2.08. The maximum Gasteiger partial charge on any atom is 0.337 e. The minimum Gasteiger partial charge on any atom is -0.493 e. The van der Waals surface area contributed by atoms with Gasteiger partial charge in [0.15, 0.2) is 0 Å². The van der Waals surface area contributed by atoms with Crippen molar-refractivity contribution in [2.24, 2.45) is 0 Å². The number of hydrogen-bond acceptors (Lipinski definition) is 3. The molecule has 0 saturated carbocycles. The molecule has 0 amide bonds. The molecule has 4 heteroatoms. The van der Waals surface area contributed by atoms with Crippen LogP contribution in [0.4, 0.5) is 0 Å². The monoisotopic (exact) mass is 269 g/mol. The highest BCUT2D eigenvalue weighted by Gasteiger charge is 2.12. The maximum atomic E-state index is 11.2. The fourth-order valence-electron chi connectivity index (χ4n) is 1.80. The molecule has 0 bridgehead atoms. The van der Waals surface area contributed by atoms with Gasteiger partial charge in [0.25, 0.3) is 0 Å². The van der Waals surface area contributed by atoms with Gasteiger partial charge in [-0.1, -0.05) is 18.2 Å². The van der Waals surface area contributed by atoms with Crippen LogP contribution in [0.5, 0.6) is 5.75 Å². The number of ether oxygens (including phenoxy) is 1. The van der Waals surface area contributed by atoms with Gasteiger partial charge >= 0.3 is 5.97 Å². The SMILES string of the molecule is C=CCCOc1cccc(-c2ncccc2C(=O)O)c1. The Morgan fingerprint density at radius 1 is 1.35 bits per heavy atom. The van der Waals surface area contributed by atoms with Gasteiger partial charge in [-0.2, -0.15) is 0 Å². The molecule has 0 radical (unpaired) electrons. The number of nitrogens with zero attached hydrogens (tertiary/aromatic N) is 1. The van der Waals surface area contributed by atoms with Crippen LogP contribution in [0.3, 0.4) is 0 Å². The number of hydrogen-bond donors (Lipinski definition) is 1. The van der Waals surface area contributed by atoms with Crippen LogP contribution in [0.15, 0.2) is 55.3 Å². The summed E-state index contributed by atoms with van der Waals surface area (Å²) in [5.74, 6) is -0.308. The number of aromatic nitrogens is 1. The van der Waals surface area contributed by atoms with Crippen molar-refractivity contribution in [1.82, 2.24) is 4.98 Å². The quantitative estimate of drug-likeness (QED) is 0.645. The summed E-state index contributed by atoms with van der Waals surface area (Å²) >= 11 is 0. The van der Waals surface area contributed by atoms with Crippen molar-refractivity contribution >= 4 is 5.97 Å². The van der Waals surface area contributed by atoms with E-state index in [4.69, 9.17) is 4.74 Å². The van der Waals surface area contributed by atoms with Crippen molar-refractivity contribution in [3.05, 3.63) is 60.8 Å². The second-order valence-corrected chi connectivity index (χ2v) is 4.16. The topological polar surface area (TPSA) is 59.4 Å². The van der Waals surface area contributed by atoms with Crippen molar-refractivity contribution in [1.29, 1.82) is 0 Å². The summed E-state index contributed by atoms with van der Waals surface area (Å²) in [4.78, 5) is 15.4. The third-order valence-corrected chi connectivity index (χ3v) is 2.74. The van der Waals surface area contributed by atoms with Gasteiger partial charge in [-0.15, -0.1) is 6.58 Å². The van der Waals surface area contributed by atoms with E-state index in [2.05, 4.69) is 11.6 Å². The van der Waals surface area contributed by atoms with Gasteiger partial charge in [0.05, 0.1) is 17.9 Å². The minimum absolute atomic E-state index is 0.177. The minimum atomic E-state index is -0.994. The highest BCUT2D eigenvalue weighted by Crippen LogP contribution is 2.25. The van der Waals surface area contributed by atoms with Gasteiger partial charge in [0, 0.05) is 11.8 Å². The van der Waals surface area contributed by atoms with E-state index < -0.39 is 5.97 Å². The second-order valence-electron chi connectivity index (χ2n) is 4.16.